The molecule has 0 N–H and O–H groups in total. The van der Waals surface area contributed by atoms with Crippen molar-refractivity contribution in [2.75, 3.05) is 31.1 Å². The minimum absolute atomic E-state index is 0.00728. The number of carbonyl (C=O) groups is 1. The number of alkyl halides is 3. The third kappa shape index (κ3) is 4.33. The Labute approximate surface area is 161 Å². The predicted molar refractivity (Wildman–Crippen MR) is 96.6 cm³/mol. The van der Waals surface area contributed by atoms with Crippen molar-refractivity contribution in [3.8, 4) is 0 Å². The second-order valence-corrected chi connectivity index (χ2v) is 8.35. The number of pyridine rings is 1. The molecule has 3 aliphatic rings. The van der Waals surface area contributed by atoms with Crippen LogP contribution in [0.2, 0.25) is 5.02 Å². The first-order chi connectivity index (χ1) is 12.8. The summed E-state index contributed by atoms with van der Waals surface area (Å²) in [4.78, 5) is 20.3. The summed E-state index contributed by atoms with van der Waals surface area (Å²) in [5.41, 5.74) is -0.851. The van der Waals surface area contributed by atoms with Crippen LogP contribution in [-0.2, 0) is 11.0 Å². The fraction of sp³-hybridized carbons (Fsp3) is 0.684. The second-order valence-electron chi connectivity index (χ2n) is 7.94. The molecule has 1 aliphatic heterocycles. The van der Waals surface area contributed by atoms with Crippen LogP contribution in [0.3, 0.4) is 0 Å². The Morgan fingerprint density at radius 2 is 1.74 bits per heavy atom. The van der Waals surface area contributed by atoms with E-state index in [-0.39, 0.29) is 10.9 Å². The van der Waals surface area contributed by atoms with E-state index >= 15 is 0 Å². The molecule has 8 heteroatoms. The first-order valence-electron chi connectivity index (χ1n) is 9.58. The van der Waals surface area contributed by atoms with Gasteiger partial charge in [-0.1, -0.05) is 11.6 Å². The molecule has 1 aromatic heterocycles. The molecule has 2 saturated carbocycles. The zero-order valence-electron chi connectivity index (χ0n) is 15.0. The molecule has 1 saturated heterocycles. The number of halogens is 4. The van der Waals surface area contributed by atoms with Crippen molar-refractivity contribution in [1.82, 2.24) is 9.88 Å². The van der Waals surface area contributed by atoms with Gasteiger partial charge in [0.1, 0.15) is 5.82 Å². The van der Waals surface area contributed by atoms with Crippen LogP contribution in [0.1, 0.15) is 37.7 Å². The summed E-state index contributed by atoms with van der Waals surface area (Å²) in [6, 6.07) is 0.914. The third-order valence-corrected chi connectivity index (χ3v) is 6.22. The fourth-order valence-corrected chi connectivity index (χ4v) is 4.37. The van der Waals surface area contributed by atoms with Crippen LogP contribution < -0.4 is 4.90 Å². The third-order valence-electron chi connectivity index (χ3n) is 5.95. The number of hydrogen-bond acceptors (Lipinski definition) is 3. The van der Waals surface area contributed by atoms with E-state index in [9.17, 15) is 18.0 Å². The van der Waals surface area contributed by atoms with E-state index in [4.69, 9.17) is 11.6 Å². The molecule has 0 radical (unpaired) electrons. The summed E-state index contributed by atoms with van der Waals surface area (Å²) in [6.07, 6.45) is 2.06. The molecule has 0 bridgehead atoms. The molecule has 1 aromatic rings. The van der Waals surface area contributed by atoms with Gasteiger partial charge < -0.3 is 9.80 Å². The Kier molecular flexibility index (Phi) is 4.99. The van der Waals surface area contributed by atoms with Crippen LogP contribution in [-0.4, -0.2) is 42.0 Å². The average molecular weight is 402 g/mol. The van der Waals surface area contributed by atoms with Gasteiger partial charge in [-0.2, -0.15) is 13.2 Å². The highest BCUT2D eigenvalue weighted by atomic mass is 35.5. The largest absolute Gasteiger partial charge is 0.417 e. The highest BCUT2D eigenvalue weighted by Crippen LogP contribution is 2.50. The lowest BCUT2D eigenvalue weighted by Crippen LogP contribution is -2.49. The van der Waals surface area contributed by atoms with E-state index in [0.717, 1.165) is 24.1 Å². The maximum absolute atomic E-state index is 12.8. The normalized spacial score (nSPS) is 21.1. The van der Waals surface area contributed by atoms with Crippen LogP contribution in [0, 0.1) is 17.8 Å². The molecule has 1 amide bonds. The van der Waals surface area contributed by atoms with Crippen molar-refractivity contribution in [2.24, 2.45) is 17.8 Å². The van der Waals surface area contributed by atoms with Crippen LogP contribution in [0.25, 0.3) is 0 Å². The smallest absolute Gasteiger partial charge is 0.352 e. The number of rotatable bonds is 5. The summed E-state index contributed by atoms with van der Waals surface area (Å²) in [5, 5.41) is -0.00728. The summed E-state index contributed by atoms with van der Waals surface area (Å²) < 4.78 is 38.3. The number of piperazine rings is 1. The van der Waals surface area contributed by atoms with Gasteiger partial charge in [-0.05, 0) is 49.5 Å². The highest BCUT2D eigenvalue weighted by Gasteiger charge is 2.43. The lowest BCUT2D eigenvalue weighted by Gasteiger charge is -2.36. The molecule has 0 atom stereocenters. The van der Waals surface area contributed by atoms with Gasteiger partial charge in [-0.25, -0.2) is 4.98 Å². The molecular weight excluding hydrogens is 379 g/mol. The maximum atomic E-state index is 12.8. The molecule has 0 spiro atoms. The molecule has 0 aromatic carbocycles. The van der Waals surface area contributed by atoms with Gasteiger partial charge in [0.25, 0.3) is 0 Å². The molecular formula is C19H23ClF3N3O. The SMILES string of the molecule is O=C(CC(C1CC1)C1CC1)N1CCN(c2ncc(C(F)(F)F)cc2Cl)CC1. The van der Waals surface area contributed by atoms with Gasteiger partial charge in [0.2, 0.25) is 5.91 Å². The fourth-order valence-electron chi connectivity index (χ4n) is 4.08. The van der Waals surface area contributed by atoms with Crippen LogP contribution >= 0.6 is 11.6 Å². The Bertz CT molecular complexity index is 699. The first-order valence-corrected chi connectivity index (χ1v) is 9.96. The van der Waals surface area contributed by atoms with Crippen molar-refractivity contribution in [3.05, 3.63) is 22.8 Å². The van der Waals surface area contributed by atoms with Crippen molar-refractivity contribution >= 4 is 23.3 Å². The molecule has 4 rings (SSSR count). The van der Waals surface area contributed by atoms with E-state index in [1.165, 1.54) is 25.7 Å². The van der Waals surface area contributed by atoms with Crippen LogP contribution in [0.4, 0.5) is 19.0 Å². The monoisotopic (exact) mass is 401 g/mol. The van der Waals surface area contributed by atoms with E-state index in [1.807, 2.05) is 9.80 Å². The van der Waals surface area contributed by atoms with Gasteiger partial charge in [0.15, 0.2) is 0 Å². The van der Waals surface area contributed by atoms with Gasteiger partial charge in [0.05, 0.1) is 10.6 Å². The van der Waals surface area contributed by atoms with Crippen LogP contribution in [0.15, 0.2) is 12.3 Å². The lowest BCUT2D eigenvalue weighted by atomic mass is 9.93. The van der Waals surface area contributed by atoms with Crippen molar-refractivity contribution in [2.45, 2.75) is 38.3 Å². The van der Waals surface area contributed by atoms with E-state index < -0.39 is 11.7 Å². The second kappa shape index (κ2) is 7.15. The Balaban J connectivity index is 1.34. The number of amides is 1. The summed E-state index contributed by atoms with van der Waals surface area (Å²) in [5.74, 6) is 2.62. The lowest BCUT2D eigenvalue weighted by molar-refractivity contribution is -0.138. The average Bonchev–Trinajstić information content (AvgIpc) is 3.53. The number of aromatic nitrogens is 1. The van der Waals surface area contributed by atoms with E-state index in [1.54, 1.807) is 0 Å². The van der Waals surface area contributed by atoms with Crippen molar-refractivity contribution < 1.29 is 18.0 Å². The molecule has 4 nitrogen and oxygen atoms in total. The molecule has 148 valence electrons. The van der Waals surface area contributed by atoms with E-state index in [2.05, 4.69) is 4.98 Å². The standard InChI is InChI=1S/C19H23ClF3N3O/c20-16-9-14(19(21,22)23)11-24-18(16)26-7-5-25(6-8-26)17(27)10-15(12-1-2-12)13-3-4-13/h9,11-13,15H,1-8,10H2. The number of anilines is 1. The van der Waals surface area contributed by atoms with Crippen molar-refractivity contribution in [3.63, 3.8) is 0 Å². The zero-order valence-corrected chi connectivity index (χ0v) is 15.8. The molecule has 3 fully saturated rings. The molecule has 2 heterocycles. The predicted octanol–water partition coefficient (Wildman–Crippen LogP) is 4.23. The Morgan fingerprint density at radius 1 is 1.15 bits per heavy atom. The highest BCUT2D eigenvalue weighted by molar-refractivity contribution is 6.33. The van der Waals surface area contributed by atoms with Gasteiger partial charge >= 0.3 is 6.18 Å². The number of carbonyl (C=O) groups excluding carboxylic acids is 1. The summed E-state index contributed by atoms with van der Waals surface area (Å²) in [7, 11) is 0. The Morgan fingerprint density at radius 3 is 2.22 bits per heavy atom. The topological polar surface area (TPSA) is 36.4 Å². The number of nitrogens with zero attached hydrogens (tertiary/aromatic N) is 3. The van der Waals surface area contributed by atoms with Gasteiger partial charge in [0, 0.05) is 38.8 Å². The summed E-state index contributed by atoms with van der Waals surface area (Å²) in [6.45, 7) is 2.17. The van der Waals surface area contributed by atoms with E-state index in [0.29, 0.717) is 44.3 Å². The summed E-state index contributed by atoms with van der Waals surface area (Å²) >= 11 is 6.04. The minimum atomic E-state index is -4.46. The molecule has 0 unspecified atom stereocenters. The first kappa shape index (κ1) is 18.8. The molecule has 2 aliphatic carbocycles. The molecule has 27 heavy (non-hydrogen) atoms. The van der Waals surface area contributed by atoms with Crippen molar-refractivity contribution in [1.29, 1.82) is 0 Å². The minimum Gasteiger partial charge on any atom is -0.352 e. The zero-order chi connectivity index (χ0) is 19.2. The quantitative estimate of drug-likeness (QED) is 0.740. The maximum Gasteiger partial charge on any atom is 0.417 e. The Hall–Kier alpha value is -1.50. The van der Waals surface area contributed by atoms with Gasteiger partial charge in [-0.15, -0.1) is 0 Å². The van der Waals surface area contributed by atoms with Gasteiger partial charge in [-0.3, -0.25) is 4.79 Å². The van der Waals surface area contributed by atoms with Crippen LogP contribution in [0.5, 0.6) is 0 Å². The number of hydrogen-bond donors (Lipinski definition) is 0.